The lowest BCUT2D eigenvalue weighted by Crippen LogP contribution is -2.26. The number of allylic oxidation sites excluding steroid dienone is 1. The summed E-state index contributed by atoms with van der Waals surface area (Å²) < 4.78 is 3.99. The van der Waals surface area contributed by atoms with E-state index in [4.69, 9.17) is 5.73 Å². The van der Waals surface area contributed by atoms with Crippen LogP contribution in [-0.4, -0.2) is 29.3 Å². The molecule has 22 heavy (non-hydrogen) atoms. The maximum atomic E-state index is 12.1. The van der Waals surface area contributed by atoms with Gasteiger partial charge in [0.2, 0.25) is 0 Å². The topological polar surface area (TPSA) is 97.1 Å². The van der Waals surface area contributed by atoms with Crippen LogP contribution < -0.4 is 16.4 Å². The largest absolute Gasteiger partial charge is 0.395 e. The first kappa shape index (κ1) is 16.5. The van der Waals surface area contributed by atoms with Gasteiger partial charge in [-0.1, -0.05) is 11.6 Å². The van der Waals surface area contributed by atoms with E-state index in [9.17, 15) is 9.59 Å². The molecule has 0 unspecified atom stereocenters. The number of nitrogens with zero attached hydrogens (tertiary/aromatic N) is 1. The van der Waals surface area contributed by atoms with Crippen molar-refractivity contribution in [1.82, 2.24) is 15.0 Å². The average molecular weight is 322 g/mol. The Morgan fingerprint density at radius 1 is 1.32 bits per heavy atom. The molecule has 1 aromatic heterocycles. The number of nitrogens with two attached hydrogens (primary N) is 1. The molecule has 2 amide bonds. The van der Waals surface area contributed by atoms with Crippen molar-refractivity contribution in [1.29, 1.82) is 0 Å². The highest BCUT2D eigenvalue weighted by atomic mass is 32.1. The predicted octanol–water partition coefficient (Wildman–Crippen LogP) is 2.10. The normalized spacial score (nSPS) is 14.3. The van der Waals surface area contributed by atoms with Gasteiger partial charge in [-0.05, 0) is 50.6 Å². The standard InChI is InChI=1S/C15H22N4O2S/c1-2-17-14(20)12-11(16)13(22-19-12)15(21)18-9-8-10-6-4-3-5-7-10/h6H,2-5,7-9,16H2,1H3,(H,17,20)(H,18,21). The van der Waals surface area contributed by atoms with Crippen LogP contribution in [-0.2, 0) is 0 Å². The lowest BCUT2D eigenvalue weighted by Gasteiger charge is -2.12. The van der Waals surface area contributed by atoms with Crippen molar-refractivity contribution in [3.63, 3.8) is 0 Å². The van der Waals surface area contributed by atoms with Gasteiger partial charge in [0.15, 0.2) is 5.69 Å². The van der Waals surface area contributed by atoms with Crippen molar-refractivity contribution in [3.05, 3.63) is 22.2 Å². The molecule has 4 N–H and O–H groups in total. The van der Waals surface area contributed by atoms with E-state index >= 15 is 0 Å². The van der Waals surface area contributed by atoms with Crippen LogP contribution in [0.25, 0.3) is 0 Å². The van der Waals surface area contributed by atoms with Crippen LogP contribution in [0.2, 0.25) is 0 Å². The second-order valence-corrected chi connectivity index (χ2v) is 6.02. The molecule has 1 aromatic rings. The van der Waals surface area contributed by atoms with Gasteiger partial charge in [0.05, 0.1) is 5.69 Å². The SMILES string of the molecule is CCNC(=O)c1nsc(C(=O)NCCC2=CCCCC2)c1N. The maximum Gasteiger partial charge on any atom is 0.273 e. The molecule has 0 bridgehead atoms. The van der Waals surface area contributed by atoms with Gasteiger partial charge in [0.1, 0.15) is 4.88 Å². The number of carbonyl (C=O) groups is 2. The molecule has 1 heterocycles. The number of rotatable bonds is 6. The minimum atomic E-state index is -0.345. The van der Waals surface area contributed by atoms with Crippen LogP contribution in [0.15, 0.2) is 11.6 Å². The van der Waals surface area contributed by atoms with Crippen molar-refractivity contribution in [3.8, 4) is 0 Å². The Balaban J connectivity index is 1.89. The minimum Gasteiger partial charge on any atom is -0.395 e. The molecular formula is C15H22N4O2S. The zero-order chi connectivity index (χ0) is 15.9. The molecule has 0 radical (unpaired) electrons. The van der Waals surface area contributed by atoms with Crippen LogP contribution in [0, 0.1) is 0 Å². The first-order valence-corrected chi connectivity index (χ1v) is 8.40. The van der Waals surface area contributed by atoms with E-state index in [0.29, 0.717) is 18.0 Å². The van der Waals surface area contributed by atoms with Crippen LogP contribution in [0.5, 0.6) is 0 Å². The van der Waals surface area contributed by atoms with E-state index in [0.717, 1.165) is 30.8 Å². The summed E-state index contributed by atoms with van der Waals surface area (Å²) in [4.78, 5) is 24.2. The number of nitrogens with one attached hydrogen (secondary N) is 2. The van der Waals surface area contributed by atoms with Crippen LogP contribution in [0.1, 0.15) is 59.2 Å². The summed E-state index contributed by atoms with van der Waals surface area (Å²) in [5.41, 5.74) is 7.56. The van der Waals surface area contributed by atoms with Gasteiger partial charge >= 0.3 is 0 Å². The van der Waals surface area contributed by atoms with Gasteiger partial charge in [0, 0.05) is 13.1 Å². The van der Waals surface area contributed by atoms with Crippen LogP contribution in [0.3, 0.4) is 0 Å². The molecular weight excluding hydrogens is 300 g/mol. The molecule has 0 spiro atoms. The average Bonchev–Trinajstić information content (AvgIpc) is 2.90. The Hall–Kier alpha value is -1.89. The Bertz CT molecular complexity index is 580. The van der Waals surface area contributed by atoms with Gasteiger partial charge in [-0.2, -0.15) is 4.37 Å². The summed E-state index contributed by atoms with van der Waals surface area (Å²) in [6.45, 7) is 2.89. The van der Waals surface area contributed by atoms with E-state index in [1.54, 1.807) is 0 Å². The molecule has 0 atom stereocenters. The molecule has 1 aliphatic carbocycles. The quantitative estimate of drug-likeness (QED) is 0.699. The maximum absolute atomic E-state index is 12.1. The molecule has 0 aliphatic heterocycles. The highest BCUT2D eigenvalue weighted by molar-refractivity contribution is 7.09. The number of nitrogen functional groups attached to an aromatic ring is 1. The van der Waals surface area contributed by atoms with Crippen LogP contribution >= 0.6 is 11.5 Å². The molecule has 0 saturated heterocycles. The third-order valence-corrected chi connectivity index (χ3v) is 4.47. The summed E-state index contributed by atoms with van der Waals surface area (Å²) in [5.74, 6) is -0.607. The highest BCUT2D eigenvalue weighted by Crippen LogP contribution is 2.22. The summed E-state index contributed by atoms with van der Waals surface area (Å²) in [7, 11) is 0. The highest BCUT2D eigenvalue weighted by Gasteiger charge is 2.21. The molecule has 2 rings (SSSR count). The van der Waals surface area contributed by atoms with Gasteiger partial charge in [-0.15, -0.1) is 0 Å². The number of aromatic nitrogens is 1. The van der Waals surface area contributed by atoms with Gasteiger partial charge < -0.3 is 16.4 Å². The van der Waals surface area contributed by atoms with Gasteiger partial charge in [-0.25, -0.2) is 0 Å². The van der Waals surface area contributed by atoms with E-state index in [1.165, 1.54) is 18.4 Å². The Kier molecular flexibility index (Phi) is 5.94. The monoisotopic (exact) mass is 322 g/mol. The fourth-order valence-electron chi connectivity index (χ4n) is 2.42. The second-order valence-electron chi connectivity index (χ2n) is 5.25. The zero-order valence-corrected chi connectivity index (χ0v) is 13.6. The lowest BCUT2D eigenvalue weighted by molar-refractivity contribution is 0.0951. The molecule has 0 aromatic carbocycles. The van der Waals surface area contributed by atoms with E-state index in [-0.39, 0.29) is 23.2 Å². The molecule has 6 nitrogen and oxygen atoms in total. The molecule has 0 fully saturated rings. The first-order valence-electron chi connectivity index (χ1n) is 7.63. The number of amides is 2. The van der Waals surface area contributed by atoms with E-state index < -0.39 is 0 Å². The summed E-state index contributed by atoms with van der Waals surface area (Å²) in [6, 6.07) is 0. The minimum absolute atomic E-state index is 0.131. The third-order valence-electron chi connectivity index (χ3n) is 3.60. The first-order chi connectivity index (χ1) is 10.6. The van der Waals surface area contributed by atoms with E-state index in [1.807, 2.05) is 6.92 Å². The van der Waals surface area contributed by atoms with Crippen molar-refractivity contribution >= 4 is 29.0 Å². The second kappa shape index (κ2) is 7.93. The number of carbonyl (C=O) groups excluding carboxylic acids is 2. The number of hydrogen-bond donors (Lipinski definition) is 3. The molecule has 120 valence electrons. The predicted molar refractivity (Wildman–Crippen MR) is 88.0 cm³/mol. The number of hydrogen-bond acceptors (Lipinski definition) is 5. The molecule has 0 saturated carbocycles. The Morgan fingerprint density at radius 3 is 2.82 bits per heavy atom. The van der Waals surface area contributed by atoms with Gasteiger partial charge in [0.25, 0.3) is 11.8 Å². The van der Waals surface area contributed by atoms with Crippen molar-refractivity contribution in [2.75, 3.05) is 18.8 Å². The molecule has 7 heteroatoms. The fourth-order valence-corrected chi connectivity index (χ4v) is 3.13. The molecule has 1 aliphatic rings. The Morgan fingerprint density at radius 2 is 2.14 bits per heavy atom. The summed E-state index contributed by atoms with van der Waals surface area (Å²) in [5, 5.41) is 5.48. The smallest absolute Gasteiger partial charge is 0.273 e. The lowest BCUT2D eigenvalue weighted by atomic mass is 9.97. The van der Waals surface area contributed by atoms with Gasteiger partial charge in [-0.3, -0.25) is 9.59 Å². The zero-order valence-electron chi connectivity index (χ0n) is 12.8. The van der Waals surface area contributed by atoms with Crippen LogP contribution in [0.4, 0.5) is 5.69 Å². The third kappa shape index (κ3) is 4.07. The van der Waals surface area contributed by atoms with Crippen molar-refractivity contribution in [2.24, 2.45) is 0 Å². The summed E-state index contributed by atoms with van der Waals surface area (Å²) >= 11 is 0.962. The van der Waals surface area contributed by atoms with Crippen molar-refractivity contribution in [2.45, 2.75) is 39.0 Å². The fraction of sp³-hybridized carbons (Fsp3) is 0.533. The summed E-state index contributed by atoms with van der Waals surface area (Å²) in [6.07, 6.45) is 7.89. The van der Waals surface area contributed by atoms with E-state index in [2.05, 4.69) is 21.1 Å². The van der Waals surface area contributed by atoms with Crippen molar-refractivity contribution < 1.29 is 9.59 Å². The number of anilines is 1. The Labute approximate surface area is 134 Å².